The second-order valence-corrected chi connectivity index (χ2v) is 8.66. The van der Waals surface area contributed by atoms with E-state index in [2.05, 4.69) is 36.9 Å². The van der Waals surface area contributed by atoms with Crippen molar-refractivity contribution in [2.24, 2.45) is 4.99 Å². The van der Waals surface area contributed by atoms with E-state index in [1.165, 1.54) is 6.40 Å². The topological polar surface area (TPSA) is 43.3 Å². The van der Waals surface area contributed by atoms with E-state index in [0.717, 1.165) is 37.1 Å². The third-order valence-electron chi connectivity index (χ3n) is 4.40. The van der Waals surface area contributed by atoms with E-state index < -0.39 is 0 Å². The first-order valence-electron chi connectivity index (χ1n) is 9.42. The fraction of sp³-hybridized carbons (Fsp3) is 0.174. The molecule has 0 atom stereocenters. The minimum atomic E-state index is 0.470. The van der Waals surface area contributed by atoms with E-state index in [0.29, 0.717) is 26.4 Å². The molecule has 5 nitrogen and oxygen atoms in total. The Hall–Kier alpha value is -2.35. The number of hydroxylamine groups is 2. The summed E-state index contributed by atoms with van der Waals surface area (Å²) in [4.78, 5) is 9.45. The minimum Gasteiger partial charge on any atom is -0.489 e. The summed E-state index contributed by atoms with van der Waals surface area (Å²) in [5, 5.41) is 1.77. The number of nitrogens with zero attached hydrogens (tertiary/aromatic N) is 2. The SMILES string of the molecule is Brc1cccc(COc2cc(CN3CN=CO3)cc(OCc3cccc(Br)c3)c2)c1. The second kappa shape index (κ2) is 10.1. The van der Waals surface area contributed by atoms with Crippen molar-refractivity contribution in [3.05, 3.63) is 92.4 Å². The first-order chi connectivity index (χ1) is 14.6. The van der Waals surface area contributed by atoms with Crippen LogP contribution in [-0.2, 0) is 24.6 Å². The van der Waals surface area contributed by atoms with Crippen molar-refractivity contribution in [3.8, 4) is 11.5 Å². The third kappa shape index (κ3) is 6.08. The highest BCUT2D eigenvalue weighted by Crippen LogP contribution is 2.26. The molecule has 0 saturated carbocycles. The Labute approximate surface area is 192 Å². The standard InChI is InChI=1S/C23H20Br2N2O3/c24-20-5-1-3-17(7-20)13-28-22-9-19(12-27-15-26-16-30-27)10-23(11-22)29-14-18-4-2-6-21(25)8-18/h1-11,16H,12-15H2. The largest absolute Gasteiger partial charge is 0.489 e. The third-order valence-corrected chi connectivity index (χ3v) is 5.38. The Bertz CT molecular complexity index is 967. The van der Waals surface area contributed by atoms with Crippen LogP contribution in [0.1, 0.15) is 16.7 Å². The molecule has 1 heterocycles. The van der Waals surface area contributed by atoms with Crippen LogP contribution in [0, 0.1) is 0 Å². The molecule has 0 aliphatic carbocycles. The summed E-state index contributed by atoms with van der Waals surface area (Å²) >= 11 is 7.00. The molecule has 0 saturated heterocycles. The first-order valence-corrected chi connectivity index (χ1v) is 11.0. The maximum Gasteiger partial charge on any atom is 0.198 e. The number of aliphatic imine (C=N–C) groups is 1. The molecular weight excluding hydrogens is 512 g/mol. The van der Waals surface area contributed by atoms with Crippen molar-refractivity contribution in [2.45, 2.75) is 19.8 Å². The molecule has 0 N–H and O–H groups in total. The number of rotatable bonds is 8. The van der Waals surface area contributed by atoms with E-state index in [1.54, 1.807) is 5.06 Å². The molecular formula is C23H20Br2N2O3. The first kappa shape index (κ1) is 20.9. The van der Waals surface area contributed by atoms with E-state index >= 15 is 0 Å². The van der Waals surface area contributed by atoms with Gasteiger partial charge in [-0.05, 0) is 53.1 Å². The predicted octanol–water partition coefficient (Wildman–Crippen LogP) is 6.10. The minimum absolute atomic E-state index is 0.470. The van der Waals surface area contributed by atoms with Crippen LogP contribution in [0.15, 0.2) is 80.7 Å². The summed E-state index contributed by atoms with van der Waals surface area (Å²) in [6, 6.07) is 22.1. The van der Waals surface area contributed by atoms with Crippen molar-refractivity contribution in [3.63, 3.8) is 0 Å². The van der Waals surface area contributed by atoms with Crippen LogP contribution in [0.4, 0.5) is 0 Å². The summed E-state index contributed by atoms with van der Waals surface area (Å²) < 4.78 is 14.2. The molecule has 0 bridgehead atoms. The van der Waals surface area contributed by atoms with E-state index in [4.69, 9.17) is 14.3 Å². The van der Waals surface area contributed by atoms with Crippen LogP contribution in [-0.4, -0.2) is 18.1 Å². The summed E-state index contributed by atoms with van der Waals surface area (Å²) in [5.41, 5.74) is 3.20. The molecule has 7 heteroatoms. The van der Waals surface area contributed by atoms with Gasteiger partial charge in [-0.25, -0.2) is 4.99 Å². The zero-order valence-corrected chi connectivity index (χ0v) is 19.3. The maximum atomic E-state index is 6.07. The number of halogens is 2. The number of benzene rings is 3. The van der Waals surface area contributed by atoms with Crippen LogP contribution in [0.5, 0.6) is 11.5 Å². The van der Waals surface area contributed by atoms with Gasteiger partial charge in [0.2, 0.25) is 0 Å². The van der Waals surface area contributed by atoms with E-state index in [9.17, 15) is 0 Å². The second-order valence-electron chi connectivity index (χ2n) is 6.82. The van der Waals surface area contributed by atoms with Crippen LogP contribution < -0.4 is 9.47 Å². The lowest BCUT2D eigenvalue weighted by atomic mass is 10.2. The molecule has 0 fully saturated rings. The van der Waals surface area contributed by atoms with Gasteiger partial charge in [0.25, 0.3) is 0 Å². The highest BCUT2D eigenvalue weighted by molar-refractivity contribution is 9.10. The van der Waals surface area contributed by atoms with Crippen LogP contribution in [0.25, 0.3) is 0 Å². The van der Waals surface area contributed by atoms with Gasteiger partial charge >= 0.3 is 0 Å². The van der Waals surface area contributed by atoms with Gasteiger partial charge in [0.1, 0.15) is 31.4 Å². The molecule has 4 rings (SSSR count). The monoisotopic (exact) mass is 530 g/mol. The molecule has 3 aromatic rings. The predicted molar refractivity (Wildman–Crippen MR) is 123 cm³/mol. The zero-order chi connectivity index (χ0) is 20.8. The van der Waals surface area contributed by atoms with Gasteiger partial charge < -0.3 is 14.3 Å². The Morgan fingerprint density at radius 3 is 1.90 bits per heavy atom. The maximum absolute atomic E-state index is 6.07. The molecule has 0 aromatic heterocycles. The van der Waals surface area contributed by atoms with Gasteiger partial charge in [-0.15, -0.1) is 5.06 Å². The van der Waals surface area contributed by atoms with Crippen molar-refractivity contribution in [1.82, 2.24) is 5.06 Å². The van der Waals surface area contributed by atoms with Gasteiger partial charge in [0, 0.05) is 15.0 Å². The Morgan fingerprint density at radius 1 is 0.800 bits per heavy atom. The molecule has 154 valence electrons. The average molecular weight is 532 g/mol. The zero-order valence-electron chi connectivity index (χ0n) is 16.1. The summed E-state index contributed by atoms with van der Waals surface area (Å²) in [6.45, 7) is 2.03. The quantitative estimate of drug-likeness (QED) is 0.352. The number of hydrogen-bond acceptors (Lipinski definition) is 5. The smallest absolute Gasteiger partial charge is 0.198 e. The number of ether oxygens (including phenoxy) is 2. The highest BCUT2D eigenvalue weighted by atomic mass is 79.9. The molecule has 0 unspecified atom stereocenters. The van der Waals surface area contributed by atoms with Gasteiger partial charge in [-0.3, -0.25) is 0 Å². The fourth-order valence-corrected chi connectivity index (χ4v) is 3.92. The van der Waals surface area contributed by atoms with Crippen molar-refractivity contribution >= 4 is 38.3 Å². The van der Waals surface area contributed by atoms with Gasteiger partial charge in [-0.2, -0.15) is 0 Å². The van der Waals surface area contributed by atoms with Gasteiger partial charge in [0.15, 0.2) is 6.40 Å². The normalized spacial score (nSPS) is 13.3. The highest BCUT2D eigenvalue weighted by Gasteiger charge is 2.12. The fourth-order valence-electron chi connectivity index (χ4n) is 3.02. The Kier molecular flexibility index (Phi) is 7.04. The van der Waals surface area contributed by atoms with Crippen LogP contribution in [0.3, 0.4) is 0 Å². The summed E-state index contributed by atoms with van der Waals surface area (Å²) in [7, 11) is 0. The number of hydrogen-bond donors (Lipinski definition) is 0. The van der Waals surface area contributed by atoms with Crippen LogP contribution in [0.2, 0.25) is 0 Å². The average Bonchev–Trinajstić information content (AvgIpc) is 3.24. The van der Waals surface area contributed by atoms with Crippen molar-refractivity contribution in [1.29, 1.82) is 0 Å². The van der Waals surface area contributed by atoms with Gasteiger partial charge in [-0.1, -0.05) is 56.1 Å². The summed E-state index contributed by atoms with van der Waals surface area (Å²) in [6.07, 6.45) is 1.46. The van der Waals surface area contributed by atoms with Gasteiger partial charge in [0.05, 0.1) is 6.54 Å². The molecule has 0 amide bonds. The Morgan fingerprint density at radius 2 is 1.40 bits per heavy atom. The van der Waals surface area contributed by atoms with Crippen molar-refractivity contribution < 1.29 is 14.3 Å². The van der Waals surface area contributed by atoms with Crippen LogP contribution >= 0.6 is 31.9 Å². The lowest BCUT2D eigenvalue weighted by Gasteiger charge is -2.16. The van der Waals surface area contributed by atoms with Crippen molar-refractivity contribution in [2.75, 3.05) is 6.67 Å². The molecule has 1 aliphatic rings. The molecule has 3 aromatic carbocycles. The molecule has 30 heavy (non-hydrogen) atoms. The lowest BCUT2D eigenvalue weighted by Crippen LogP contribution is -2.18. The van der Waals surface area contributed by atoms with E-state index in [-0.39, 0.29) is 0 Å². The molecule has 0 spiro atoms. The van der Waals surface area contributed by atoms with E-state index in [1.807, 2.05) is 66.7 Å². The summed E-state index contributed by atoms with van der Waals surface area (Å²) in [5.74, 6) is 1.49. The molecule has 1 aliphatic heterocycles. The lowest BCUT2D eigenvalue weighted by molar-refractivity contribution is -0.0519. The Balaban J connectivity index is 1.49. The molecule has 0 radical (unpaired) electrons.